The number of fused-ring (bicyclic) bond motifs is 1. The number of halogens is 4. The monoisotopic (exact) mass is 263 g/mol. The molecular weight excluding hydrogens is 259 g/mol. The van der Waals surface area contributed by atoms with Gasteiger partial charge >= 0.3 is 0 Å². The zero-order valence-electron chi connectivity index (χ0n) is 7.61. The minimum Gasteiger partial charge on any atom is -0.253 e. The van der Waals surface area contributed by atoms with Crippen molar-refractivity contribution in [3.8, 4) is 0 Å². The quantitative estimate of drug-likeness (QED) is 0.632. The standard InChI is InChI=1S/C10H5Cl3FN/c1-4-3-15-10-6(14)2-5(11)9(13)7(10)8(4)12/h2-3H,1H3. The van der Waals surface area contributed by atoms with Crippen LogP contribution in [0.3, 0.4) is 0 Å². The number of pyridine rings is 1. The first kappa shape index (κ1) is 10.9. The zero-order valence-corrected chi connectivity index (χ0v) is 9.88. The van der Waals surface area contributed by atoms with Crippen molar-refractivity contribution in [2.75, 3.05) is 0 Å². The van der Waals surface area contributed by atoms with E-state index in [1.165, 1.54) is 6.20 Å². The van der Waals surface area contributed by atoms with E-state index in [4.69, 9.17) is 34.8 Å². The second-order valence-electron chi connectivity index (χ2n) is 3.13. The largest absolute Gasteiger partial charge is 0.253 e. The summed E-state index contributed by atoms with van der Waals surface area (Å²) in [5.74, 6) is -0.527. The first-order valence-corrected chi connectivity index (χ1v) is 5.24. The lowest BCUT2D eigenvalue weighted by Gasteiger charge is -2.07. The van der Waals surface area contributed by atoms with E-state index >= 15 is 0 Å². The molecule has 0 amide bonds. The fraction of sp³-hybridized carbons (Fsp3) is 0.100. The third kappa shape index (κ3) is 1.67. The van der Waals surface area contributed by atoms with Crippen LogP contribution in [0.1, 0.15) is 5.56 Å². The van der Waals surface area contributed by atoms with Crippen LogP contribution in [0.4, 0.5) is 4.39 Å². The first-order valence-electron chi connectivity index (χ1n) is 4.10. The van der Waals surface area contributed by atoms with Gasteiger partial charge in [-0.3, -0.25) is 4.98 Å². The van der Waals surface area contributed by atoms with Crippen LogP contribution in [0, 0.1) is 12.7 Å². The molecule has 0 spiro atoms. The van der Waals surface area contributed by atoms with Gasteiger partial charge in [0.25, 0.3) is 0 Å². The van der Waals surface area contributed by atoms with Crippen LogP contribution in [0.2, 0.25) is 15.1 Å². The van der Waals surface area contributed by atoms with Gasteiger partial charge in [0, 0.05) is 11.6 Å². The summed E-state index contributed by atoms with van der Waals surface area (Å²) in [5, 5.41) is 1.11. The van der Waals surface area contributed by atoms with E-state index in [1.807, 2.05) is 0 Å². The summed E-state index contributed by atoms with van der Waals surface area (Å²) < 4.78 is 13.5. The van der Waals surface area contributed by atoms with Crippen LogP contribution in [-0.4, -0.2) is 4.98 Å². The van der Waals surface area contributed by atoms with E-state index in [-0.39, 0.29) is 15.6 Å². The number of nitrogens with zero attached hydrogens (tertiary/aromatic N) is 1. The molecule has 2 rings (SSSR count). The van der Waals surface area contributed by atoms with Crippen molar-refractivity contribution in [2.45, 2.75) is 6.92 Å². The van der Waals surface area contributed by atoms with E-state index < -0.39 is 5.82 Å². The maximum Gasteiger partial charge on any atom is 0.151 e. The Hall–Kier alpha value is -0.570. The Morgan fingerprint density at radius 3 is 2.53 bits per heavy atom. The van der Waals surface area contributed by atoms with Crippen LogP contribution < -0.4 is 0 Å². The summed E-state index contributed by atoms with van der Waals surface area (Å²) in [6.45, 7) is 1.77. The minimum absolute atomic E-state index is 0.135. The molecule has 2 aromatic rings. The van der Waals surface area contributed by atoms with Crippen LogP contribution in [0.5, 0.6) is 0 Å². The van der Waals surface area contributed by atoms with Gasteiger partial charge in [-0.05, 0) is 18.6 Å². The van der Waals surface area contributed by atoms with E-state index in [0.29, 0.717) is 10.4 Å². The summed E-state index contributed by atoms with van der Waals surface area (Å²) in [5.41, 5.74) is 0.868. The molecule has 1 aromatic heterocycles. The van der Waals surface area contributed by atoms with Gasteiger partial charge in [0.1, 0.15) is 5.52 Å². The summed E-state index contributed by atoms with van der Waals surface area (Å²) in [7, 11) is 0. The fourth-order valence-electron chi connectivity index (χ4n) is 1.33. The predicted octanol–water partition coefficient (Wildman–Crippen LogP) is 4.64. The molecular formula is C10H5Cl3FN. The average Bonchev–Trinajstić information content (AvgIpc) is 2.19. The van der Waals surface area contributed by atoms with Crippen molar-refractivity contribution >= 4 is 45.7 Å². The van der Waals surface area contributed by atoms with Gasteiger partial charge in [-0.2, -0.15) is 0 Å². The number of aryl methyl sites for hydroxylation is 1. The van der Waals surface area contributed by atoms with Crippen LogP contribution in [0.25, 0.3) is 10.9 Å². The maximum absolute atomic E-state index is 13.5. The van der Waals surface area contributed by atoms with E-state index in [0.717, 1.165) is 11.6 Å². The normalized spacial score (nSPS) is 11.0. The highest BCUT2D eigenvalue weighted by Gasteiger charge is 2.14. The van der Waals surface area contributed by atoms with Crippen molar-refractivity contribution in [2.24, 2.45) is 0 Å². The molecule has 1 aromatic carbocycles. The molecule has 1 nitrogen and oxygen atoms in total. The molecule has 0 aliphatic carbocycles. The molecule has 0 saturated heterocycles. The van der Waals surface area contributed by atoms with Crippen LogP contribution >= 0.6 is 34.8 Å². The van der Waals surface area contributed by atoms with Crippen LogP contribution in [-0.2, 0) is 0 Å². The summed E-state index contributed by atoms with van der Waals surface area (Å²) >= 11 is 17.7. The van der Waals surface area contributed by atoms with Crippen molar-refractivity contribution < 1.29 is 4.39 Å². The molecule has 0 saturated carbocycles. The van der Waals surface area contributed by atoms with Crippen LogP contribution in [0.15, 0.2) is 12.3 Å². The smallest absolute Gasteiger partial charge is 0.151 e. The molecule has 0 unspecified atom stereocenters. The minimum atomic E-state index is -0.527. The predicted molar refractivity (Wildman–Crippen MR) is 61.5 cm³/mol. The molecule has 0 atom stereocenters. The van der Waals surface area contributed by atoms with E-state index in [2.05, 4.69) is 4.98 Å². The molecule has 0 bridgehead atoms. The van der Waals surface area contributed by atoms with Crippen molar-refractivity contribution in [1.29, 1.82) is 0 Å². The molecule has 15 heavy (non-hydrogen) atoms. The molecule has 1 heterocycles. The SMILES string of the molecule is Cc1cnc2c(F)cc(Cl)c(Cl)c2c1Cl. The Balaban J connectivity index is 3.04. The molecule has 0 aliphatic rings. The third-order valence-corrected chi connectivity index (χ3v) is 3.37. The maximum atomic E-state index is 13.5. The van der Waals surface area contributed by atoms with Gasteiger partial charge in [-0.1, -0.05) is 34.8 Å². The lowest BCUT2D eigenvalue weighted by molar-refractivity contribution is 0.637. The number of benzene rings is 1. The Morgan fingerprint density at radius 2 is 1.87 bits per heavy atom. The van der Waals surface area contributed by atoms with Crippen molar-refractivity contribution in [3.63, 3.8) is 0 Å². The number of aromatic nitrogens is 1. The van der Waals surface area contributed by atoms with Gasteiger partial charge in [-0.15, -0.1) is 0 Å². The fourth-order valence-corrected chi connectivity index (χ4v) is 2.04. The third-order valence-electron chi connectivity index (χ3n) is 2.10. The van der Waals surface area contributed by atoms with Gasteiger partial charge in [0.2, 0.25) is 0 Å². The number of hydrogen-bond acceptors (Lipinski definition) is 1. The van der Waals surface area contributed by atoms with E-state index in [1.54, 1.807) is 6.92 Å². The van der Waals surface area contributed by atoms with E-state index in [9.17, 15) is 4.39 Å². The van der Waals surface area contributed by atoms with Gasteiger partial charge < -0.3 is 0 Å². The second-order valence-corrected chi connectivity index (χ2v) is 4.30. The topological polar surface area (TPSA) is 12.9 Å². The number of hydrogen-bond donors (Lipinski definition) is 0. The highest BCUT2D eigenvalue weighted by Crippen LogP contribution is 2.37. The second kappa shape index (κ2) is 3.78. The molecule has 0 N–H and O–H groups in total. The molecule has 5 heteroatoms. The lowest BCUT2D eigenvalue weighted by Crippen LogP contribution is -1.89. The zero-order chi connectivity index (χ0) is 11.2. The summed E-state index contributed by atoms with van der Waals surface area (Å²) in [4.78, 5) is 3.94. The van der Waals surface area contributed by atoms with Gasteiger partial charge in [-0.25, -0.2) is 4.39 Å². The molecule has 78 valence electrons. The Morgan fingerprint density at radius 1 is 1.20 bits per heavy atom. The highest BCUT2D eigenvalue weighted by molar-refractivity contribution is 6.48. The molecule has 0 radical (unpaired) electrons. The highest BCUT2D eigenvalue weighted by atomic mass is 35.5. The number of rotatable bonds is 0. The summed E-state index contributed by atoms with van der Waals surface area (Å²) in [6.07, 6.45) is 1.50. The first-order chi connectivity index (χ1) is 7.02. The lowest BCUT2D eigenvalue weighted by atomic mass is 10.1. The van der Waals surface area contributed by atoms with Crippen molar-refractivity contribution in [3.05, 3.63) is 38.7 Å². The molecule has 0 aliphatic heterocycles. The average molecular weight is 265 g/mol. The Bertz CT molecular complexity index is 546. The summed E-state index contributed by atoms with van der Waals surface area (Å²) in [6, 6.07) is 1.13. The van der Waals surface area contributed by atoms with Gasteiger partial charge in [0.05, 0.1) is 15.1 Å². The Labute approximate surface area is 101 Å². The van der Waals surface area contributed by atoms with Gasteiger partial charge in [0.15, 0.2) is 5.82 Å². The Kier molecular flexibility index (Phi) is 2.75. The van der Waals surface area contributed by atoms with Crippen molar-refractivity contribution in [1.82, 2.24) is 4.98 Å². The molecule has 0 fully saturated rings.